The number of hydrogen-bond donors (Lipinski definition) is 1. The Bertz CT molecular complexity index is 396. The van der Waals surface area contributed by atoms with E-state index in [4.69, 9.17) is 4.74 Å². The van der Waals surface area contributed by atoms with Crippen LogP contribution in [0.3, 0.4) is 0 Å². The number of nitrogens with one attached hydrogen (secondary N) is 1. The Kier molecular flexibility index (Phi) is 5.34. The average Bonchev–Trinajstić information content (AvgIpc) is 2.88. The van der Waals surface area contributed by atoms with Gasteiger partial charge in [-0.15, -0.1) is 0 Å². The fraction of sp³-hybridized carbons (Fsp3) is 0.625. The molecule has 1 aromatic carbocycles. The normalized spacial score (nSPS) is 24.6. The molecule has 3 heteroatoms. The van der Waals surface area contributed by atoms with Crippen molar-refractivity contribution in [3.8, 4) is 0 Å². The molecule has 1 fully saturated rings. The summed E-state index contributed by atoms with van der Waals surface area (Å²) in [5, 5.41) is 3.57. The van der Waals surface area contributed by atoms with Crippen molar-refractivity contribution >= 4 is 0 Å². The van der Waals surface area contributed by atoms with E-state index in [1.165, 1.54) is 6.07 Å². The standard InChI is InChI=1S/C16H24FNO/c1-3-9-18-16(12-6-5-7-13(17)11-12)14-8-10-19-15(14)4-2/h5-7,11,14-16,18H,3-4,8-10H2,1-2H3. The molecular formula is C16H24FNO. The van der Waals surface area contributed by atoms with Crippen molar-refractivity contribution in [1.82, 2.24) is 5.32 Å². The molecule has 1 N–H and O–H groups in total. The third-order valence-electron chi connectivity index (χ3n) is 3.91. The molecular weight excluding hydrogens is 241 g/mol. The van der Waals surface area contributed by atoms with Crippen molar-refractivity contribution in [2.45, 2.75) is 45.3 Å². The molecule has 106 valence electrons. The van der Waals surface area contributed by atoms with Gasteiger partial charge in [-0.05, 0) is 43.5 Å². The minimum Gasteiger partial charge on any atom is -0.378 e. The van der Waals surface area contributed by atoms with E-state index in [-0.39, 0.29) is 18.0 Å². The molecule has 19 heavy (non-hydrogen) atoms. The van der Waals surface area contributed by atoms with Crippen LogP contribution in [0.15, 0.2) is 24.3 Å². The predicted octanol–water partition coefficient (Wildman–Crippen LogP) is 3.68. The van der Waals surface area contributed by atoms with Crippen LogP contribution in [0.4, 0.5) is 4.39 Å². The van der Waals surface area contributed by atoms with Crippen LogP contribution >= 0.6 is 0 Å². The van der Waals surface area contributed by atoms with E-state index in [0.717, 1.165) is 38.0 Å². The SMILES string of the molecule is CCCNC(c1cccc(F)c1)C1CCOC1CC. The van der Waals surface area contributed by atoms with Crippen LogP contribution in [-0.2, 0) is 4.74 Å². The molecule has 2 rings (SSSR count). The van der Waals surface area contributed by atoms with Crippen molar-refractivity contribution < 1.29 is 9.13 Å². The quantitative estimate of drug-likeness (QED) is 0.847. The molecule has 0 saturated carbocycles. The second-order valence-corrected chi connectivity index (χ2v) is 5.26. The lowest BCUT2D eigenvalue weighted by Crippen LogP contribution is -2.33. The Hall–Kier alpha value is -0.930. The molecule has 1 aromatic rings. The Balaban J connectivity index is 2.19. The molecule has 0 aromatic heterocycles. The number of rotatable bonds is 6. The Morgan fingerprint density at radius 1 is 1.42 bits per heavy atom. The summed E-state index contributed by atoms with van der Waals surface area (Å²) >= 11 is 0. The number of benzene rings is 1. The molecule has 0 spiro atoms. The van der Waals surface area contributed by atoms with Crippen molar-refractivity contribution in [2.24, 2.45) is 5.92 Å². The zero-order chi connectivity index (χ0) is 13.7. The first-order valence-electron chi connectivity index (χ1n) is 7.36. The number of ether oxygens (including phenoxy) is 1. The van der Waals surface area contributed by atoms with E-state index >= 15 is 0 Å². The van der Waals surface area contributed by atoms with Gasteiger partial charge in [0.25, 0.3) is 0 Å². The molecule has 0 aliphatic carbocycles. The molecule has 1 saturated heterocycles. The van der Waals surface area contributed by atoms with Gasteiger partial charge in [0.15, 0.2) is 0 Å². The van der Waals surface area contributed by atoms with E-state index in [1.54, 1.807) is 12.1 Å². The van der Waals surface area contributed by atoms with Gasteiger partial charge >= 0.3 is 0 Å². The number of halogens is 1. The zero-order valence-electron chi connectivity index (χ0n) is 11.9. The Labute approximate surface area is 115 Å². The molecule has 0 bridgehead atoms. The lowest BCUT2D eigenvalue weighted by molar-refractivity contribution is 0.0773. The van der Waals surface area contributed by atoms with Crippen molar-refractivity contribution in [3.05, 3.63) is 35.6 Å². The maximum Gasteiger partial charge on any atom is 0.123 e. The zero-order valence-corrected chi connectivity index (χ0v) is 11.9. The van der Waals surface area contributed by atoms with Crippen LogP contribution < -0.4 is 5.32 Å². The van der Waals surface area contributed by atoms with Crippen LogP contribution in [0.5, 0.6) is 0 Å². The summed E-state index contributed by atoms with van der Waals surface area (Å²) in [5.41, 5.74) is 1.04. The second-order valence-electron chi connectivity index (χ2n) is 5.26. The minimum absolute atomic E-state index is 0.159. The lowest BCUT2D eigenvalue weighted by Gasteiger charge is -2.28. The lowest BCUT2D eigenvalue weighted by atomic mass is 9.86. The van der Waals surface area contributed by atoms with Gasteiger partial charge in [-0.1, -0.05) is 26.0 Å². The summed E-state index contributed by atoms with van der Waals surface area (Å²) < 4.78 is 19.3. The highest BCUT2D eigenvalue weighted by molar-refractivity contribution is 5.21. The monoisotopic (exact) mass is 265 g/mol. The van der Waals surface area contributed by atoms with Crippen molar-refractivity contribution in [1.29, 1.82) is 0 Å². The average molecular weight is 265 g/mol. The predicted molar refractivity (Wildman–Crippen MR) is 75.6 cm³/mol. The van der Waals surface area contributed by atoms with Crippen LogP contribution in [0, 0.1) is 11.7 Å². The molecule has 1 aliphatic heterocycles. The molecule has 3 unspecified atom stereocenters. The summed E-state index contributed by atoms with van der Waals surface area (Å²) in [6, 6.07) is 7.16. The Morgan fingerprint density at radius 2 is 2.26 bits per heavy atom. The minimum atomic E-state index is -0.159. The van der Waals surface area contributed by atoms with E-state index in [1.807, 2.05) is 6.07 Å². The van der Waals surface area contributed by atoms with Crippen LogP contribution in [-0.4, -0.2) is 19.3 Å². The Morgan fingerprint density at radius 3 is 2.95 bits per heavy atom. The topological polar surface area (TPSA) is 21.3 Å². The molecule has 3 atom stereocenters. The van der Waals surface area contributed by atoms with Gasteiger partial charge in [0.2, 0.25) is 0 Å². The van der Waals surface area contributed by atoms with Gasteiger partial charge in [-0.3, -0.25) is 0 Å². The number of hydrogen-bond acceptors (Lipinski definition) is 2. The van der Waals surface area contributed by atoms with Crippen LogP contribution in [0.1, 0.15) is 44.7 Å². The van der Waals surface area contributed by atoms with Gasteiger partial charge in [-0.2, -0.15) is 0 Å². The highest BCUT2D eigenvalue weighted by atomic mass is 19.1. The first-order chi connectivity index (χ1) is 9.26. The van der Waals surface area contributed by atoms with E-state index < -0.39 is 0 Å². The largest absolute Gasteiger partial charge is 0.378 e. The van der Waals surface area contributed by atoms with Gasteiger partial charge in [0.1, 0.15) is 5.82 Å². The molecule has 0 radical (unpaired) electrons. The van der Waals surface area contributed by atoms with Crippen molar-refractivity contribution in [3.63, 3.8) is 0 Å². The summed E-state index contributed by atoms with van der Waals surface area (Å²) in [6.07, 6.45) is 3.44. The summed E-state index contributed by atoms with van der Waals surface area (Å²) in [4.78, 5) is 0. The van der Waals surface area contributed by atoms with Gasteiger partial charge in [-0.25, -0.2) is 4.39 Å². The first-order valence-corrected chi connectivity index (χ1v) is 7.36. The highest BCUT2D eigenvalue weighted by Crippen LogP contribution is 2.35. The highest BCUT2D eigenvalue weighted by Gasteiger charge is 2.34. The van der Waals surface area contributed by atoms with Crippen LogP contribution in [0.25, 0.3) is 0 Å². The van der Waals surface area contributed by atoms with Crippen molar-refractivity contribution in [2.75, 3.05) is 13.2 Å². The van der Waals surface area contributed by atoms with E-state index in [2.05, 4.69) is 19.2 Å². The van der Waals surface area contributed by atoms with Gasteiger partial charge in [0.05, 0.1) is 6.10 Å². The summed E-state index contributed by atoms with van der Waals surface area (Å²) in [5.74, 6) is 0.283. The molecule has 0 amide bonds. The smallest absolute Gasteiger partial charge is 0.123 e. The maximum atomic E-state index is 13.5. The second kappa shape index (κ2) is 7.01. The summed E-state index contributed by atoms with van der Waals surface area (Å²) in [7, 11) is 0. The fourth-order valence-corrected chi connectivity index (χ4v) is 2.98. The third kappa shape index (κ3) is 3.54. The summed E-state index contributed by atoms with van der Waals surface area (Å²) in [6.45, 7) is 6.08. The van der Waals surface area contributed by atoms with Crippen LogP contribution in [0.2, 0.25) is 0 Å². The van der Waals surface area contributed by atoms with E-state index in [0.29, 0.717) is 5.92 Å². The fourth-order valence-electron chi connectivity index (χ4n) is 2.98. The molecule has 1 aliphatic rings. The first kappa shape index (κ1) is 14.5. The van der Waals surface area contributed by atoms with E-state index in [9.17, 15) is 4.39 Å². The van der Waals surface area contributed by atoms with Gasteiger partial charge in [0, 0.05) is 18.6 Å². The maximum absolute atomic E-state index is 13.5. The molecule has 2 nitrogen and oxygen atoms in total. The third-order valence-corrected chi connectivity index (χ3v) is 3.91. The molecule has 1 heterocycles. The van der Waals surface area contributed by atoms with Gasteiger partial charge < -0.3 is 10.1 Å².